The third-order valence-electron chi connectivity index (χ3n) is 1.28. The van der Waals surface area contributed by atoms with Crippen LogP contribution >= 0.6 is 0 Å². The lowest BCUT2D eigenvalue weighted by atomic mass is 10.2. The van der Waals surface area contributed by atoms with E-state index < -0.39 is 0 Å². The van der Waals surface area contributed by atoms with Crippen molar-refractivity contribution in [3.8, 4) is 0 Å². The highest BCUT2D eigenvalue weighted by Crippen LogP contribution is 1.96. The zero-order valence-corrected chi connectivity index (χ0v) is 5.88. The Labute approximate surface area is 61.0 Å². The molecular formula is C8H13NO. The lowest BCUT2D eigenvalue weighted by Crippen LogP contribution is -2.01. The third kappa shape index (κ3) is 2.62. The zero-order valence-electron chi connectivity index (χ0n) is 5.88. The molecule has 0 aliphatic rings. The van der Waals surface area contributed by atoms with Crippen LogP contribution in [0, 0.1) is 0 Å². The standard InChI is InChI=1S/C8H11N.H2O/c9-7-6-8-4-2-1-3-5-8;/h1-5H,6-7,9H2;1H2. The molecule has 0 unspecified atom stereocenters. The molecular weight excluding hydrogens is 126 g/mol. The van der Waals surface area contributed by atoms with E-state index in [-0.39, 0.29) is 5.48 Å². The van der Waals surface area contributed by atoms with Gasteiger partial charge in [0.05, 0.1) is 0 Å². The Hall–Kier alpha value is -0.860. The van der Waals surface area contributed by atoms with Crippen LogP contribution in [0.15, 0.2) is 30.3 Å². The number of rotatable bonds is 2. The first-order valence-electron chi connectivity index (χ1n) is 3.17. The van der Waals surface area contributed by atoms with Crippen molar-refractivity contribution in [3.63, 3.8) is 0 Å². The summed E-state index contributed by atoms with van der Waals surface area (Å²) < 4.78 is 0. The van der Waals surface area contributed by atoms with Gasteiger partial charge >= 0.3 is 0 Å². The van der Waals surface area contributed by atoms with Crippen LogP contribution in [0.4, 0.5) is 0 Å². The predicted octanol–water partition coefficient (Wildman–Crippen LogP) is 0.363. The van der Waals surface area contributed by atoms with Crippen molar-refractivity contribution in [1.29, 1.82) is 0 Å². The fourth-order valence-electron chi connectivity index (χ4n) is 0.811. The van der Waals surface area contributed by atoms with Crippen LogP contribution < -0.4 is 5.73 Å². The zero-order chi connectivity index (χ0) is 6.53. The highest BCUT2D eigenvalue weighted by atomic mass is 16.0. The maximum atomic E-state index is 5.36. The fourth-order valence-corrected chi connectivity index (χ4v) is 0.811. The van der Waals surface area contributed by atoms with Crippen molar-refractivity contribution < 1.29 is 5.48 Å². The molecule has 1 rings (SSSR count). The highest BCUT2D eigenvalue weighted by molar-refractivity contribution is 5.14. The molecule has 0 saturated heterocycles. The number of nitrogens with two attached hydrogens (primary N) is 1. The Balaban J connectivity index is 0.000000810. The lowest BCUT2D eigenvalue weighted by Gasteiger charge is -1.93. The number of hydrogen-bond acceptors (Lipinski definition) is 1. The van der Waals surface area contributed by atoms with Gasteiger partial charge in [-0.15, -0.1) is 0 Å². The van der Waals surface area contributed by atoms with E-state index in [9.17, 15) is 0 Å². The van der Waals surface area contributed by atoms with E-state index in [1.807, 2.05) is 18.2 Å². The van der Waals surface area contributed by atoms with Crippen molar-refractivity contribution >= 4 is 0 Å². The van der Waals surface area contributed by atoms with Gasteiger partial charge in [-0.2, -0.15) is 0 Å². The Morgan fingerprint density at radius 1 is 1.10 bits per heavy atom. The Morgan fingerprint density at radius 2 is 1.70 bits per heavy atom. The Bertz CT molecular complexity index is 162. The smallest absolute Gasteiger partial charge is 0.00367 e. The fraction of sp³-hybridized carbons (Fsp3) is 0.250. The predicted molar refractivity (Wildman–Crippen MR) is 42.8 cm³/mol. The summed E-state index contributed by atoms with van der Waals surface area (Å²) in [5.41, 5.74) is 6.68. The van der Waals surface area contributed by atoms with Crippen LogP contribution in [0.25, 0.3) is 0 Å². The van der Waals surface area contributed by atoms with Crippen molar-refractivity contribution in [2.24, 2.45) is 5.73 Å². The first-order valence-corrected chi connectivity index (χ1v) is 3.17. The molecule has 2 nitrogen and oxygen atoms in total. The molecule has 0 spiro atoms. The van der Waals surface area contributed by atoms with Gasteiger partial charge in [0.25, 0.3) is 0 Å². The summed E-state index contributed by atoms with van der Waals surface area (Å²) >= 11 is 0. The molecule has 1 aromatic rings. The molecule has 0 aliphatic heterocycles. The van der Waals surface area contributed by atoms with Gasteiger partial charge in [0.2, 0.25) is 0 Å². The van der Waals surface area contributed by atoms with Gasteiger partial charge in [0, 0.05) is 0 Å². The average Bonchev–Trinajstić information content (AvgIpc) is 1.91. The first kappa shape index (κ1) is 9.14. The van der Waals surface area contributed by atoms with E-state index in [1.165, 1.54) is 5.56 Å². The molecule has 56 valence electrons. The molecule has 0 saturated carbocycles. The van der Waals surface area contributed by atoms with Crippen molar-refractivity contribution in [3.05, 3.63) is 35.9 Å². The van der Waals surface area contributed by atoms with Crippen LogP contribution in [0.5, 0.6) is 0 Å². The summed E-state index contributed by atoms with van der Waals surface area (Å²) in [6.07, 6.45) is 0.987. The van der Waals surface area contributed by atoms with Crippen LogP contribution in [-0.2, 0) is 6.42 Å². The van der Waals surface area contributed by atoms with E-state index in [4.69, 9.17) is 5.73 Å². The maximum Gasteiger partial charge on any atom is -0.00367 e. The molecule has 0 amide bonds. The molecule has 2 heteroatoms. The van der Waals surface area contributed by atoms with Gasteiger partial charge in [0.1, 0.15) is 0 Å². The summed E-state index contributed by atoms with van der Waals surface area (Å²) in [6.45, 7) is 0.740. The minimum absolute atomic E-state index is 0. The number of hydrogen-bond donors (Lipinski definition) is 1. The van der Waals surface area contributed by atoms with Crippen LogP contribution in [0.2, 0.25) is 0 Å². The quantitative estimate of drug-likeness (QED) is 0.632. The molecule has 4 N–H and O–H groups in total. The second kappa shape index (κ2) is 4.97. The van der Waals surface area contributed by atoms with Gasteiger partial charge in [0.15, 0.2) is 0 Å². The largest absolute Gasteiger partial charge is 0.412 e. The minimum atomic E-state index is 0. The molecule has 10 heavy (non-hydrogen) atoms. The van der Waals surface area contributed by atoms with Gasteiger partial charge in [-0.1, -0.05) is 30.3 Å². The molecule has 0 heterocycles. The summed E-state index contributed by atoms with van der Waals surface area (Å²) in [7, 11) is 0. The van der Waals surface area contributed by atoms with Crippen molar-refractivity contribution in [2.75, 3.05) is 6.54 Å². The molecule has 0 radical (unpaired) electrons. The SMILES string of the molecule is NCCc1ccccc1.O. The monoisotopic (exact) mass is 139 g/mol. The Kier molecular flexibility index (Phi) is 4.54. The number of benzene rings is 1. The average molecular weight is 139 g/mol. The summed E-state index contributed by atoms with van der Waals surface area (Å²) in [4.78, 5) is 0. The van der Waals surface area contributed by atoms with Crippen LogP contribution in [0.1, 0.15) is 5.56 Å². The summed E-state index contributed by atoms with van der Waals surface area (Å²) in [5, 5.41) is 0. The normalized spacial score (nSPS) is 8.50. The van der Waals surface area contributed by atoms with Crippen LogP contribution in [0.3, 0.4) is 0 Å². The topological polar surface area (TPSA) is 57.5 Å². The molecule has 0 fully saturated rings. The molecule has 0 bridgehead atoms. The minimum Gasteiger partial charge on any atom is -0.412 e. The highest BCUT2D eigenvalue weighted by Gasteiger charge is 1.84. The van der Waals surface area contributed by atoms with Gasteiger partial charge in [-0.25, -0.2) is 0 Å². The molecule has 0 atom stereocenters. The van der Waals surface area contributed by atoms with E-state index >= 15 is 0 Å². The van der Waals surface area contributed by atoms with Crippen molar-refractivity contribution in [2.45, 2.75) is 6.42 Å². The van der Waals surface area contributed by atoms with E-state index in [0.717, 1.165) is 13.0 Å². The maximum absolute atomic E-state index is 5.36. The van der Waals surface area contributed by atoms with E-state index in [0.29, 0.717) is 0 Å². The second-order valence-electron chi connectivity index (χ2n) is 2.02. The second-order valence-corrected chi connectivity index (χ2v) is 2.02. The van der Waals surface area contributed by atoms with Gasteiger partial charge in [-0.3, -0.25) is 0 Å². The summed E-state index contributed by atoms with van der Waals surface area (Å²) in [6, 6.07) is 10.3. The van der Waals surface area contributed by atoms with Gasteiger partial charge < -0.3 is 11.2 Å². The lowest BCUT2D eigenvalue weighted by molar-refractivity contribution is 0.824. The Morgan fingerprint density at radius 3 is 2.20 bits per heavy atom. The molecule has 0 aliphatic carbocycles. The first-order chi connectivity index (χ1) is 4.43. The molecule has 1 aromatic carbocycles. The third-order valence-corrected chi connectivity index (χ3v) is 1.28. The van der Waals surface area contributed by atoms with Gasteiger partial charge in [-0.05, 0) is 18.5 Å². The van der Waals surface area contributed by atoms with E-state index in [2.05, 4.69) is 12.1 Å². The summed E-state index contributed by atoms with van der Waals surface area (Å²) in [5.74, 6) is 0. The van der Waals surface area contributed by atoms with E-state index in [1.54, 1.807) is 0 Å². The van der Waals surface area contributed by atoms with Crippen molar-refractivity contribution in [1.82, 2.24) is 0 Å². The molecule has 0 aromatic heterocycles. The van der Waals surface area contributed by atoms with Crippen LogP contribution in [-0.4, -0.2) is 12.0 Å².